The molecular weight excluding hydrogens is 615 g/mol. The van der Waals surface area contributed by atoms with Crippen LogP contribution in [0, 0.1) is 0 Å². The van der Waals surface area contributed by atoms with Gasteiger partial charge in [0.05, 0.1) is 28.0 Å². The van der Waals surface area contributed by atoms with E-state index in [4.69, 9.17) is 28.2 Å². The molecule has 3 N–H and O–H groups in total. The van der Waals surface area contributed by atoms with Crippen molar-refractivity contribution in [3.8, 4) is 17.1 Å². The first kappa shape index (κ1) is 30.0. The fraction of sp³-hybridized carbons (Fsp3) is 0.188. The summed E-state index contributed by atoms with van der Waals surface area (Å²) >= 11 is 12.3. The third-order valence-electron chi connectivity index (χ3n) is 7.72. The molecule has 6 rings (SSSR count). The van der Waals surface area contributed by atoms with Gasteiger partial charge in [-0.2, -0.15) is 0 Å². The largest absolute Gasteiger partial charge is 0.355 e. The Morgan fingerprint density at radius 2 is 1.80 bits per heavy atom. The monoisotopic (exact) mass is 642 g/mol. The van der Waals surface area contributed by atoms with E-state index in [0.29, 0.717) is 57.8 Å². The van der Waals surface area contributed by atoms with Gasteiger partial charge in [-0.3, -0.25) is 14.4 Å². The SMILES string of the molecule is CNC(=O)c1ccc(-n2c(NCc3cccc(-c4nnc[nH]4)c3)nc3c(c2=O)C[C@@H](C)N(C(=O)c2ccc(Cl)c(Cl)c2)C3)cc1. The Morgan fingerprint density at radius 1 is 1.02 bits per heavy atom. The number of H-pyrrole nitrogens is 1. The second-order valence-corrected chi connectivity index (χ2v) is 11.4. The van der Waals surface area contributed by atoms with Crippen molar-refractivity contribution in [2.24, 2.45) is 0 Å². The van der Waals surface area contributed by atoms with E-state index in [0.717, 1.165) is 11.1 Å². The van der Waals surface area contributed by atoms with Crippen molar-refractivity contribution in [2.75, 3.05) is 12.4 Å². The molecule has 11 nitrogen and oxygen atoms in total. The number of anilines is 1. The maximum absolute atomic E-state index is 14.2. The number of nitrogens with one attached hydrogen (secondary N) is 3. The zero-order valence-electron chi connectivity index (χ0n) is 24.3. The number of hydrogen-bond acceptors (Lipinski definition) is 7. The molecule has 45 heavy (non-hydrogen) atoms. The average molecular weight is 644 g/mol. The number of benzene rings is 3. The van der Waals surface area contributed by atoms with Crippen LogP contribution in [0.25, 0.3) is 17.1 Å². The number of fused-ring (bicyclic) bond motifs is 1. The molecule has 1 atom stereocenters. The molecule has 13 heteroatoms. The van der Waals surface area contributed by atoms with E-state index >= 15 is 0 Å². The molecule has 0 unspecified atom stereocenters. The summed E-state index contributed by atoms with van der Waals surface area (Å²) in [5.41, 5.74) is 3.96. The van der Waals surface area contributed by atoms with Crippen molar-refractivity contribution in [3.05, 3.63) is 121 Å². The summed E-state index contributed by atoms with van der Waals surface area (Å²) in [4.78, 5) is 49.4. The van der Waals surface area contributed by atoms with Gasteiger partial charge in [-0.1, -0.05) is 41.4 Å². The Kier molecular flexibility index (Phi) is 8.38. The first-order chi connectivity index (χ1) is 21.7. The van der Waals surface area contributed by atoms with E-state index in [1.807, 2.05) is 31.2 Å². The van der Waals surface area contributed by atoms with Crippen molar-refractivity contribution in [2.45, 2.75) is 32.5 Å². The average Bonchev–Trinajstić information content (AvgIpc) is 3.60. The quantitative estimate of drug-likeness (QED) is 0.230. The number of amides is 2. The van der Waals surface area contributed by atoms with Crippen molar-refractivity contribution in [1.29, 1.82) is 0 Å². The Labute approximate surface area is 268 Å². The Bertz CT molecular complexity index is 1960. The van der Waals surface area contributed by atoms with Gasteiger partial charge in [0.25, 0.3) is 17.4 Å². The van der Waals surface area contributed by atoms with E-state index in [1.54, 1.807) is 54.4 Å². The first-order valence-corrected chi connectivity index (χ1v) is 14.9. The number of nitrogens with zero attached hydrogens (tertiary/aromatic N) is 5. The lowest BCUT2D eigenvalue weighted by Gasteiger charge is -2.34. The molecule has 0 bridgehead atoms. The van der Waals surface area contributed by atoms with Crippen LogP contribution < -0.4 is 16.2 Å². The second-order valence-electron chi connectivity index (χ2n) is 10.6. The molecule has 228 valence electrons. The maximum atomic E-state index is 14.2. The van der Waals surface area contributed by atoms with Gasteiger partial charge < -0.3 is 20.5 Å². The van der Waals surface area contributed by atoms with Gasteiger partial charge in [0.1, 0.15) is 6.33 Å². The lowest BCUT2D eigenvalue weighted by atomic mass is 9.98. The number of hydrogen-bond donors (Lipinski definition) is 3. The van der Waals surface area contributed by atoms with E-state index in [9.17, 15) is 14.4 Å². The molecule has 0 saturated carbocycles. The fourth-order valence-electron chi connectivity index (χ4n) is 5.35. The number of rotatable bonds is 7. The molecule has 2 amide bonds. The molecule has 0 aliphatic carbocycles. The zero-order valence-corrected chi connectivity index (χ0v) is 25.9. The summed E-state index contributed by atoms with van der Waals surface area (Å²) in [6.07, 6.45) is 1.83. The summed E-state index contributed by atoms with van der Waals surface area (Å²) in [5, 5.41) is 14.5. The number of aromatic nitrogens is 5. The van der Waals surface area contributed by atoms with Crippen LogP contribution in [0.2, 0.25) is 10.0 Å². The van der Waals surface area contributed by atoms with Crippen molar-refractivity contribution in [3.63, 3.8) is 0 Å². The third-order valence-corrected chi connectivity index (χ3v) is 8.46. The molecule has 0 spiro atoms. The van der Waals surface area contributed by atoms with Crippen molar-refractivity contribution in [1.82, 2.24) is 34.9 Å². The summed E-state index contributed by atoms with van der Waals surface area (Å²) in [6, 6.07) is 19.0. The highest BCUT2D eigenvalue weighted by atomic mass is 35.5. The lowest BCUT2D eigenvalue weighted by molar-refractivity contribution is 0.0653. The molecule has 0 fully saturated rings. The zero-order chi connectivity index (χ0) is 31.7. The maximum Gasteiger partial charge on any atom is 0.263 e. The predicted octanol–water partition coefficient (Wildman–Crippen LogP) is 4.88. The van der Waals surface area contributed by atoms with Gasteiger partial charge in [-0.25, -0.2) is 9.55 Å². The highest BCUT2D eigenvalue weighted by Crippen LogP contribution is 2.28. The van der Waals surface area contributed by atoms with Crippen LogP contribution in [0.3, 0.4) is 0 Å². The minimum absolute atomic E-state index is 0.136. The van der Waals surface area contributed by atoms with E-state index in [2.05, 4.69) is 25.8 Å². The van der Waals surface area contributed by atoms with Crippen molar-refractivity contribution >= 4 is 41.0 Å². The Balaban J connectivity index is 1.38. The number of carbonyl (C=O) groups excluding carboxylic acids is 2. The summed E-state index contributed by atoms with van der Waals surface area (Å²) in [5.74, 6) is 0.468. The third kappa shape index (κ3) is 6.04. The topological polar surface area (TPSA) is 138 Å². The molecular formula is C32H28Cl2N8O3. The standard InChI is InChI=1S/C32H28Cl2N8O3/c1-18-12-24-27(16-41(18)30(44)22-8-11-25(33)26(34)14-22)39-32(36-15-19-4-3-5-21(13-19)28-37-17-38-40-28)42(31(24)45)23-9-6-20(7-10-23)29(43)35-2/h3-11,13-14,17-18H,12,15-16H2,1-2H3,(H,35,43)(H,36,39)(H,37,38,40)/t18-/m1/s1. The van der Waals surface area contributed by atoms with Gasteiger partial charge in [0, 0.05) is 41.9 Å². The summed E-state index contributed by atoms with van der Waals surface area (Å²) in [6.45, 7) is 2.37. The smallest absolute Gasteiger partial charge is 0.263 e. The molecule has 0 radical (unpaired) electrons. The van der Waals surface area contributed by atoms with Crippen LogP contribution in [0.4, 0.5) is 5.95 Å². The molecule has 0 saturated heterocycles. The number of aromatic amines is 1. The van der Waals surface area contributed by atoms with Crippen LogP contribution in [-0.4, -0.2) is 54.5 Å². The van der Waals surface area contributed by atoms with Crippen molar-refractivity contribution < 1.29 is 9.59 Å². The molecule has 1 aliphatic rings. The first-order valence-electron chi connectivity index (χ1n) is 14.2. The Hall–Kier alpha value is -5.00. The highest BCUT2D eigenvalue weighted by Gasteiger charge is 2.32. The minimum Gasteiger partial charge on any atom is -0.355 e. The van der Waals surface area contributed by atoms with Crippen LogP contribution in [0.1, 0.15) is 44.5 Å². The van der Waals surface area contributed by atoms with Gasteiger partial charge in [0.2, 0.25) is 5.95 Å². The molecule has 2 aromatic heterocycles. The predicted molar refractivity (Wildman–Crippen MR) is 172 cm³/mol. The van der Waals surface area contributed by atoms with E-state index in [1.165, 1.54) is 10.9 Å². The second kappa shape index (κ2) is 12.5. The van der Waals surface area contributed by atoms with E-state index in [-0.39, 0.29) is 35.0 Å². The Morgan fingerprint density at radius 3 is 2.51 bits per heavy atom. The lowest BCUT2D eigenvalue weighted by Crippen LogP contribution is -2.46. The minimum atomic E-state index is -0.282. The number of carbonyl (C=O) groups is 2. The van der Waals surface area contributed by atoms with Crippen LogP contribution in [0.5, 0.6) is 0 Å². The van der Waals surface area contributed by atoms with Gasteiger partial charge in [-0.15, -0.1) is 10.2 Å². The summed E-state index contributed by atoms with van der Waals surface area (Å²) < 4.78 is 1.51. The molecule has 3 heterocycles. The molecule has 5 aromatic rings. The molecule has 1 aliphatic heterocycles. The van der Waals surface area contributed by atoms with Gasteiger partial charge in [0.15, 0.2) is 5.82 Å². The van der Waals surface area contributed by atoms with Gasteiger partial charge >= 0.3 is 0 Å². The molecule has 3 aromatic carbocycles. The van der Waals surface area contributed by atoms with Crippen LogP contribution in [0.15, 0.2) is 77.9 Å². The van der Waals surface area contributed by atoms with Crippen LogP contribution >= 0.6 is 23.2 Å². The summed E-state index contributed by atoms with van der Waals surface area (Å²) in [7, 11) is 1.56. The normalized spacial score (nSPS) is 14.1. The van der Waals surface area contributed by atoms with Crippen LogP contribution in [-0.2, 0) is 19.5 Å². The fourth-order valence-corrected chi connectivity index (χ4v) is 5.64. The van der Waals surface area contributed by atoms with E-state index < -0.39 is 0 Å². The van der Waals surface area contributed by atoms with Gasteiger partial charge in [-0.05, 0) is 67.4 Å². The number of halogens is 2. The highest BCUT2D eigenvalue weighted by molar-refractivity contribution is 6.42.